The van der Waals surface area contributed by atoms with Gasteiger partial charge in [0.2, 0.25) is 0 Å². The molecular formula is C14H19NO5. The molecule has 0 aliphatic rings. The van der Waals surface area contributed by atoms with Gasteiger partial charge in [0.15, 0.2) is 0 Å². The van der Waals surface area contributed by atoms with E-state index < -0.39 is 6.16 Å². The molecule has 0 fully saturated rings. The van der Waals surface area contributed by atoms with Gasteiger partial charge < -0.3 is 19.1 Å². The molecule has 1 aromatic rings. The van der Waals surface area contributed by atoms with Crippen LogP contribution >= 0.6 is 0 Å². The van der Waals surface area contributed by atoms with Crippen LogP contribution in [0.25, 0.3) is 0 Å². The summed E-state index contributed by atoms with van der Waals surface area (Å²) in [5, 5.41) is 0. The third-order valence-electron chi connectivity index (χ3n) is 2.71. The summed E-state index contributed by atoms with van der Waals surface area (Å²) in [4.78, 5) is 23.7. The third-order valence-corrected chi connectivity index (χ3v) is 2.71. The standard InChI is InChI=1S/C14H19NO5/c1-15(13(16)18-2)9-5-7-11-6-4-8-12(10-11)20-14(17)19-3/h4,6,8,10H,5,7,9H2,1-3H3. The maximum absolute atomic E-state index is 11.2. The third kappa shape index (κ3) is 5.17. The van der Waals surface area contributed by atoms with Crippen LogP contribution in [0.2, 0.25) is 0 Å². The zero-order valence-corrected chi connectivity index (χ0v) is 11.9. The molecule has 0 atom stereocenters. The monoisotopic (exact) mass is 281 g/mol. The quantitative estimate of drug-likeness (QED) is 0.612. The molecule has 1 rings (SSSR count). The van der Waals surface area contributed by atoms with Gasteiger partial charge in [-0.15, -0.1) is 0 Å². The molecule has 0 heterocycles. The van der Waals surface area contributed by atoms with Crippen LogP contribution in [0.5, 0.6) is 5.75 Å². The summed E-state index contributed by atoms with van der Waals surface area (Å²) in [5.74, 6) is 0.440. The minimum atomic E-state index is -0.743. The van der Waals surface area contributed by atoms with Crippen LogP contribution in [0, 0.1) is 0 Å². The molecule has 0 bridgehead atoms. The van der Waals surface area contributed by atoms with E-state index >= 15 is 0 Å². The van der Waals surface area contributed by atoms with Crippen LogP contribution in [0.15, 0.2) is 24.3 Å². The van der Waals surface area contributed by atoms with Crippen LogP contribution in [0.3, 0.4) is 0 Å². The maximum atomic E-state index is 11.2. The van der Waals surface area contributed by atoms with E-state index in [4.69, 9.17) is 4.74 Å². The van der Waals surface area contributed by atoms with Crippen molar-refractivity contribution < 1.29 is 23.8 Å². The summed E-state index contributed by atoms with van der Waals surface area (Å²) >= 11 is 0. The van der Waals surface area contributed by atoms with Gasteiger partial charge in [0.05, 0.1) is 14.2 Å². The van der Waals surface area contributed by atoms with E-state index in [9.17, 15) is 9.59 Å². The topological polar surface area (TPSA) is 65.1 Å². The van der Waals surface area contributed by atoms with E-state index in [1.807, 2.05) is 6.07 Å². The molecule has 0 aliphatic carbocycles. The fraction of sp³-hybridized carbons (Fsp3) is 0.429. The van der Waals surface area contributed by atoms with Gasteiger partial charge in [-0.05, 0) is 30.5 Å². The molecule has 0 saturated carbocycles. The maximum Gasteiger partial charge on any atom is 0.513 e. The Morgan fingerprint density at radius 2 is 1.95 bits per heavy atom. The molecule has 0 aromatic heterocycles. The molecule has 6 heteroatoms. The van der Waals surface area contributed by atoms with Gasteiger partial charge in [-0.25, -0.2) is 9.59 Å². The smallest absolute Gasteiger partial charge is 0.453 e. The molecule has 0 spiro atoms. The first kappa shape index (κ1) is 15.8. The van der Waals surface area contributed by atoms with Crippen molar-refractivity contribution in [1.29, 1.82) is 0 Å². The van der Waals surface area contributed by atoms with E-state index in [0.29, 0.717) is 12.3 Å². The van der Waals surface area contributed by atoms with Crippen molar-refractivity contribution in [1.82, 2.24) is 4.90 Å². The van der Waals surface area contributed by atoms with Gasteiger partial charge in [0, 0.05) is 13.6 Å². The fourth-order valence-corrected chi connectivity index (χ4v) is 1.67. The lowest BCUT2D eigenvalue weighted by molar-refractivity contribution is 0.121. The Bertz CT molecular complexity index is 461. The summed E-state index contributed by atoms with van der Waals surface area (Å²) in [7, 11) is 4.30. The van der Waals surface area contributed by atoms with Gasteiger partial charge >= 0.3 is 12.2 Å². The number of methoxy groups -OCH3 is 2. The highest BCUT2D eigenvalue weighted by atomic mass is 16.7. The average molecular weight is 281 g/mol. The summed E-state index contributed by atoms with van der Waals surface area (Å²) in [6, 6.07) is 7.19. The molecular weight excluding hydrogens is 262 g/mol. The van der Waals surface area contributed by atoms with Crippen molar-refractivity contribution in [3.05, 3.63) is 29.8 Å². The number of hydrogen-bond donors (Lipinski definition) is 0. The van der Waals surface area contributed by atoms with Crippen LogP contribution in [0.4, 0.5) is 9.59 Å². The van der Waals surface area contributed by atoms with E-state index in [2.05, 4.69) is 9.47 Å². The number of rotatable bonds is 5. The first-order valence-corrected chi connectivity index (χ1v) is 6.20. The number of amides is 1. The largest absolute Gasteiger partial charge is 0.513 e. The first-order valence-electron chi connectivity index (χ1n) is 6.20. The summed E-state index contributed by atoms with van der Waals surface area (Å²) in [6.07, 6.45) is 0.452. The highest BCUT2D eigenvalue weighted by Gasteiger charge is 2.08. The second kappa shape index (κ2) is 8.04. The molecule has 6 nitrogen and oxygen atoms in total. The minimum Gasteiger partial charge on any atom is -0.453 e. The molecule has 0 unspecified atom stereocenters. The molecule has 0 saturated heterocycles. The number of carbonyl (C=O) groups excluding carboxylic acids is 2. The first-order chi connectivity index (χ1) is 9.56. The van der Waals surface area contributed by atoms with Gasteiger partial charge in [-0.2, -0.15) is 0 Å². The molecule has 0 N–H and O–H groups in total. The number of carbonyl (C=O) groups is 2. The van der Waals surface area contributed by atoms with Crippen molar-refractivity contribution >= 4 is 12.2 Å². The van der Waals surface area contributed by atoms with Gasteiger partial charge in [-0.1, -0.05) is 12.1 Å². The van der Waals surface area contributed by atoms with Crippen LogP contribution in [-0.4, -0.2) is 45.0 Å². The number of aryl methyl sites for hydroxylation is 1. The predicted molar refractivity (Wildman–Crippen MR) is 72.8 cm³/mol. The minimum absolute atomic E-state index is 0.354. The van der Waals surface area contributed by atoms with E-state index in [0.717, 1.165) is 18.4 Å². The van der Waals surface area contributed by atoms with Crippen molar-refractivity contribution in [3.8, 4) is 5.75 Å². The van der Waals surface area contributed by atoms with Crippen molar-refractivity contribution in [2.45, 2.75) is 12.8 Å². The van der Waals surface area contributed by atoms with Gasteiger partial charge in [-0.3, -0.25) is 0 Å². The zero-order valence-electron chi connectivity index (χ0n) is 11.9. The molecule has 20 heavy (non-hydrogen) atoms. The predicted octanol–water partition coefficient (Wildman–Crippen LogP) is 2.46. The van der Waals surface area contributed by atoms with Crippen molar-refractivity contribution in [2.24, 2.45) is 0 Å². The fourth-order valence-electron chi connectivity index (χ4n) is 1.67. The van der Waals surface area contributed by atoms with Crippen LogP contribution in [-0.2, 0) is 15.9 Å². The highest BCUT2D eigenvalue weighted by Crippen LogP contribution is 2.15. The summed E-state index contributed by atoms with van der Waals surface area (Å²) < 4.78 is 14.0. The second-order valence-electron chi connectivity index (χ2n) is 4.20. The van der Waals surface area contributed by atoms with Gasteiger partial charge in [0.1, 0.15) is 5.75 Å². The Balaban J connectivity index is 2.46. The van der Waals surface area contributed by atoms with Crippen molar-refractivity contribution in [2.75, 3.05) is 27.8 Å². The van der Waals surface area contributed by atoms with E-state index in [1.165, 1.54) is 19.1 Å². The second-order valence-corrected chi connectivity index (χ2v) is 4.20. The average Bonchev–Trinajstić information content (AvgIpc) is 2.46. The number of nitrogens with zero attached hydrogens (tertiary/aromatic N) is 1. The Labute approximate surface area is 118 Å². The van der Waals surface area contributed by atoms with Gasteiger partial charge in [0.25, 0.3) is 0 Å². The summed E-state index contributed by atoms with van der Waals surface area (Å²) in [6.45, 7) is 0.592. The lowest BCUT2D eigenvalue weighted by Crippen LogP contribution is -2.27. The summed E-state index contributed by atoms with van der Waals surface area (Å²) in [5.41, 5.74) is 1.02. The molecule has 1 aromatic carbocycles. The van der Waals surface area contributed by atoms with Crippen molar-refractivity contribution in [3.63, 3.8) is 0 Å². The molecule has 110 valence electrons. The lowest BCUT2D eigenvalue weighted by atomic mass is 10.1. The molecule has 0 aliphatic heterocycles. The van der Waals surface area contributed by atoms with Crippen LogP contribution in [0.1, 0.15) is 12.0 Å². The van der Waals surface area contributed by atoms with E-state index in [1.54, 1.807) is 25.2 Å². The number of benzene rings is 1. The molecule has 1 amide bonds. The lowest BCUT2D eigenvalue weighted by Gasteiger charge is -2.15. The number of ether oxygens (including phenoxy) is 3. The zero-order chi connectivity index (χ0) is 15.0. The SMILES string of the molecule is COC(=O)Oc1cccc(CCCN(C)C(=O)OC)c1. The Kier molecular flexibility index (Phi) is 6.36. The highest BCUT2D eigenvalue weighted by molar-refractivity contribution is 5.66. The Hall–Kier alpha value is -2.24. The Morgan fingerprint density at radius 3 is 2.60 bits per heavy atom. The Morgan fingerprint density at radius 1 is 1.20 bits per heavy atom. The van der Waals surface area contributed by atoms with E-state index in [-0.39, 0.29) is 6.09 Å². The number of hydrogen-bond acceptors (Lipinski definition) is 5. The molecule has 0 radical (unpaired) electrons. The van der Waals surface area contributed by atoms with Crippen LogP contribution < -0.4 is 4.74 Å². The normalized spacial score (nSPS) is 9.75.